The van der Waals surface area contributed by atoms with Gasteiger partial charge in [0.25, 0.3) is 0 Å². The Labute approximate surface area is 110 Å². The minimum atomic E-state index is -0.394. The molecule has 0 fully saturated rings. The van der Waals surface area contributed by atoms with Crippen molar-refractivity contribution in [2.24, 2.45) is 0 Å². The third-order valence-corrected chi connectivity index (χ3v) is 2.32. The molecule has 5 nitrogen and oxygen atoms in total. The summed E-state index contributed by atoms with van der Waals surface area (Å²) in [6, 6.07) is -0.394. The summed E-state index contributed by atoms with van der Waals surface area (Å²) in [5, 5.41) is 3.13. The van der Waals surface area contributed by atoms with Crippen molar-refractivity contribution in [1.29, 1.82) is 0 Å². The van der Waals surface area contributed by atoms with E-state index in [1.54, 1.807) is 6.92 Å². The lowest BCUT2D eigenvalue weighted by atomic mass is 10.3. The summed E-state index contributed by atoms with van der Waals surface area (Å²) in [5.74, 6) is -0.255. The lowest BCUT2D eigenvalue weighted by Gasteiger charge is -2.19. The first kappa shape index (κ1) is 17.4. The average molecular weight is 261 g/mol. The van der Waals surface area contributed by atoms with Gasteiger partial charge in [-0.3, -0.25) is 4.79 Å². The Morgan fingerprint density at radius 1 is 1.17 bits per heavy atom. The molecular weight excluding hydrogens is 234 g/mol. The summed E-state index contributed by atoms with van der Waals surface area (Å²) in [6.07, 6.45) is 0.940. The maximum Gasteiger partial charge on any atom is 0.325 e. The van der Waals surface area contributed by atoms with Crippen LogP contribution in [0.3, 0.4) is 0 Å². The van der Waals surface area contributed by atoms with E-state index in [0.717, 1.165) is 13.0 Å². The van der Waals surface area contributed by atoms with Crippen molar-refractivity contribution in [2.45, 2.75) is 46.3 Å². The Morgan fingerprint density at radius 3 is 2.44 bits per heavy atom. The van der Waals surface area contributed by atoms with Crippen molar-refractivity contribution in [3.63, 3.8) is 0 Å². The second-order valence-corrected chi connectivity index (χ2v) is 4.06. The molecule has 0 amide bonds. The van der Waals surface area contributed by atoms with E-state index in [2.05, 4.69) is 5.32 Å². The van der Waals surface area contributed by atoms with Crippen LogP contribution in [0.1, 0.15) is 34.1 Å². The number of ether oxygens (including phenoxy) is 3. The second-order valence-electron chi connectivity index (χ2n) is 4.06. The van der Waals surface area contributed by atoms with Crippen molar-refractivity contribution >= 4 is 5.97 Å². The predicted octanol–water partition coefficient (Wildman–Crippen LogP) is 1.36. The van der Waals surface area contributed by atoms with Gasteiger partial charge in [-0.2, -0.15) is 0 Å². The van der Waals surface area contributed by atoms with E-state index in [1.807, 2.05) is 20.8 Å². The molecule has 0 aromatic carbocycles. The second kappa shape index (κ2) is 11.4. The van der Waals surface area contributed by atoms with Gasteiger partial charge in [0.05, 0.1) is 25.9 Å². The van der Waals surface area contributed by atoms with E-state index in [9.17, 15) is 4.79 Å². The fourth-order valence-electron chi connectivity index (χ4n) is 1.36. The molecule has 0 aromatic heterocycles. The number of hydrogen-bond donors (Lipinski definition) is 1. The number of rotatable bonds is 11. The van der Waals surface area contributed by atoms with Crippen molar-refractivity contribution in [2.75, 3.05) is 33.0 Å². The van der Waals surface area contributed by atoms with Crippen LogP contribution in [0.4, 0.5) is 0 Å². The molecule has 2 atom stereocenters. The Bertz CT molecular complexity index is 211. The number of carbonyl (C=O) groups is 1. The highest BCUT2D eigenvalue weighted by Crippen LogP contribution is 1.97. The fourth-order valence-corrected chi connectivity index (χ4v) is 1.36. The molecule has 0 aromatic rings. The van der Waals surface area contributed by atoms with Gasteiger partial charge in [-0.05, 0) is 33.7 Å². The van der Waals surface area contributed by atoms with Gasteiger partial charge in [0.2, 0.25) is 0 Å². The number of carbonyl (C=O) groups excluding carboxylic acids is 1. The first-order valence-electron chi connectivity index (χ1n) is 6.74. The van der Waals surface area contributed by atoms with Crippen LogP contribution >= 0.6 is 0 Å². The van der Waals surface area contributed by atoms with Gasteiger partial charge in [-0.15, -0.1) is 0 Å². The van der Waals surface area contributed by atoms with Crippen LogP contribution in [0.25, 0.3) is 0 Å². The third kappa shape index (κ3) is 8.44. The molecule has 0 saturated heterocycles. The van der Waals surface area contributed by atoms with Crippen molar-refractivity contribution in [3.05, 3.63) is 0 Å². The maximum atomic E-state index is 11.7. The highest BCUT2D eigenvalue weighted by Gasteiger charge is 2.20. The molecule has 0 aliphatic carbocycles. The van der Waals surface area contributed by atoms with E-state index in [0.29, 0.717) is 26.4 Å². The summed E-state index contributed by atoms with van der Waals surface area (Å²) in [5.41, 5.74) is 0. The van der Waals surface area contributed by atoms with Crippen LogP contribution in [0, 0.1) is 0 Å². The van der Waals surface area contributed by atoms with E-state index < -0.39 is 6.04 Å². The highest BCUT2D eigenvalue weighted by atomic mass is 16.5. The molecule has 0 saturated carbocycles. The van der Waals surface area contributed by atoms with Crippen LogP contribution in [0.15, 0.2) is 0 Å². The van der Waals surface area contributed by atoms with Gasteiger partial charge >= 0.3 is 5.97 Å². The standard InChI is InChI=1S/C13H27NO4/c1-5-8-14-12(13(15)17-7-3)10-18-11(4)9-16-6-2/h11-12,14H,5-10H2,1-4H3. The van der Waals surface area contributed by atoms with Crippen LogP contribution < -0.4 is 5.32 Å². The quantitative estimate of drug-likeness (QED) is 0.569. The molecule has 2 unspecified atom stereocenters. The summed E-state index contributed by atoms with van der Waals surface area (Å²) >= 11 is 0. The molecular formula is C13H27NO4. The monoisotopic (exact) mass is 261 g/mol. The Morgan fingerprint density at radius 2 is 1.89 bits per heavy atom. The predicted molar refractivity (Wildman–Crippen MR) is 70.6 cm³/mol. The van der Waals surface area contributed by atoms with E-state index in [1.165, 1.54) is 0 Å². The number of esters is 1. The first-order chi connectivity index (χ1) is 8.65. The normalized spacial score (nSPS) is 14.2. The Hall–Kier alpha value is -0.650. The zero-order valence-corrected chi connectivity index (χ0v) is 12.0. The van der Waals surface area contributed by atoms with Gasteiger partial charge in [0.15, 0.2) is 0 Å². The van der Waals surface area contributed by atoms with E-state index >= 15 is 0 Å². The summed E-state index contributed by atoms with van der Waals surface area (Å²) in [4.78, 5) is 11.7. The smallest absolute Gasteiger partial charge is 0.325 e. The third-order valence-electron chi connectivity index (χ3n) is 2.32. The van der Waals surface area contributed by atoms with Gasteiger partial charge in [-0.25, -0.2) is 0 Å². The zero-order valence-electron chi connectivity index (χ0n) is 12.0. The first-order valence-corrected chi connectivity index (χ1v) is 6.74. The van der Waals surface area contributed by atoms with Gasteiger partial charge in [-0.1, -0.05) is 6.92 Å². The van der Waals surface area contributed by atoms with Crippen LogP contribution in [-0.2, 0) is 19.0 Å². The summed E-state index contributed by atoms with van der Waals surface area (Å²) in [6.45, 7) is 10.4. The van der Waals surface area contributed by atoms with Gasteiger partial charge in [0, 0.05) is 6.61 Å². The molecule has 0 aliphatic rings. The molecule has 1 N–H and O–H groups in total. The summed E-state index contributed by atoms with van der Waals surface area (Å²) < 4.78 is 15.8. The molecule has 108 valence electrons. The minimum absolute atomic E-state index is 0.0229. The van der Waals surface area contributed by atoms with Crippen molar-refractivity contribution in [1.82, 2.24) is 5.32 Å². The van der Waals surface area contributed by atoms with E-state index in [4.69, 9.17) is 14.2 Å². The van der Waals surface area contributed by atoms with Crippen LogP contribution in [0.5, 0.6) is 0 Å². The average Bonchev–Trinajstić information content (AvgIpc) is 2.36. The SMILES string of the molecule is CCCNC(COC(C)COCC)C(=O)OCC. The largest absolute Gasteiger partial charge is 0.465 e. The fraction of sp³-hybridized carbons (Fsp3) is 0.923. The molecule has 0 heterocycles. The summed E-state index contributed by atoms with van der Waals surface area (Å²) in [7, 11) is 0. The lowest BCUT2D eigenvalue weighted by Crippen LogP contribution is -2.43. The Balaban J connectivity index is 4.02. The molecule has 0 rings (SSSR count). The Kier molecular flexibility index (Phi) is 11.0. The molecule has 0 radical (unpaired) electrons. The molecule has 18 heavy (non-hydrogen) atoms. The minimum Gasteiger partial charge on any atom is -0.465 e. The molecule has 0 spiro atoms. The topological polar surface area (TPSA) is 56.8 Å². The van der Waals surface area contributed by atoms with E-state index in [-0.39, 0.29) is 12.1 Å². The maximum absolute atomic E-state index is 11.7. The van der Waals surface area contributed by atoms with Crippen molar-refractivity contribution < 1.29 is 19.0 Å². The highest BCUT2D eigenvalue weighted by molar-refractivity contribution is 5.75. The van der Waals surface area contributed by atoms with Crippen LogP contribution in [0.2, 0.25) is 0 Å². The van der Waals surface area contributed by atoms with Gasteiger partial charge in [0.1, 0.15) is 6.04 Å². The zero-order chi connectivity index (χ0) is 13.8. The van der Waals surface area contributed by atoms with Crippen molar-refractivity contribution in [3.8, 4) is 0 Å². The number of hydrogen-bond acceptors (Lipinski definition) is 5. The lowest BCUT2D eigenvalue weighted by molar-refractivity contribution is -0.148. The van der Waals surface area contributed by atoms with Crippen LogP contribution in [-0.4, -0.2) is 51.1 Å². The van der Waals surface area contributed by atoms with Gasteiger partial charge < -0.3 is 19.5 Å². The molecule has 0 aliphatic heterocycles. The number of nitrogens with one attached hydrogen (secondary N) is 1. The molecule has 0 bridgehead atoms. The molecule has 5 heteroatoms.